The zero-order chi connectivity index (χ0) is 13.7. The van der Waals surface area contributed by atoms with Gasteiger partial charge in [-0.3, -0.25) is 0 Å². The monoisotopic (exact) mass is 248 g/mol. The fraction of sp³-hybridized carbons (Fsp3) is 0.571. The molecule has 0 bridgehead atoms. The lowest BCUT2D eigenvalue weighted by Gasteiger charge is -2.30. The van der Waals surface area contributed by atoms with Crippen LogP contribution >= 0.6 is 0 Å². The van der Waals surface area contributed by atoms with Crippen LogP contribution in [0.25, 0.3) is 0 Å². The van der Waals surface area contributed by atoms with Crippen LogP contribution in [-0.4, -0.2) is 38.5 Å². The molecular formula is C14H23BNO2. The average molecular weight is 248 g/mol. The Morgan fingerprint density at radius 1 is 1.00 bits per heavy atom. The first-order chi connectivity index (χ1) is 8.49. The Morgan fingerprint density at radius 2 is 1.61 bits per heavy atom. The van der Waals surface area contributed by atoms with Gasteiger partial charge in [0.05, 0.1) is 14.2 Å². The van der Waals surface area contributed by atoms with E-state index in [2.05, 4.69) is 39.9 Å². The van der Waals surface area contributed by atoms with Crippen molar-refractivity contribution in [2.24, 2.45) is 0 Å². The van der Waals surface area contributed by atoms with Crippen LogP contribution in [0, 0.1) is 0 Å². The number of nitrogens with zero attached hydrogens (tertiary/aromatic N) is 1. The van der Waals surface area contributed by atoms with Crippen molar-refractivity contribution < 1.29 is 9.47 Å². The summed E-state index contributed by atoms with van der Waals surface area (Å²) in [5.74, 6) is 1.64. The van der Waals surface area contributed by atoms with E-state index in [1.807, 2.05) is 18.2 Å². The molecule has 0 unspecified atom stereocenters. The summed E-state index contributed by atoms with van der Waals surface area (Å²) in [6.07, 6.45) is 0. The molecule has 0 N–H and O–H groups in total. The first kappa shape index (κ1) is 14.9. The molecule has 0 aliphatic heterocycles. The van der Waals surface area contributed by atoms with Crippen molar-refractivity contribution in [2.45, 2.75) is 39.8 Å². The largest absolute Gasteiger partial charge is 0.497 e. The molecule has 0 aliphatic carbocycles. The number of hydrogen-bond donors (Lipinski definition) is 0. The van der Waals surface area contributed by atoms with Gasteiger partial charge >= 0.3 is 0 Å². The molecule has 0 amide bonds. The van der Waals surface area contributed by atoms with Gasteiger partial charge < -0.3 is 14.3 Å². The molecular weight excluding hydrogens is 225 g/mol. The molecule has 0 saturated heterocycles. The molecule has 99 valence electrons. The first-order valence-corrected chi connectivity index (χ1v) is 6.34. The minimum absolute atomic E-state index is 0.455. The van der Waals surface area contributed by atoms with Crippen LogP contribution in [0.1, 0.15) is 27.7 Å². The van der Waals surface area contributed by atoms with Gasteiger partial charge in [0, 0.05) is 6.07 Å². The van der Waals surface area contributed by atoms with Gasteiger partial charge in [0.2, 0.25) is 0 Å². The Hall–Kier alpha value is -1.16. The summed E-state index contributed by atoms with van der Waals surface area (Å²) in [6.45, 7) is 8.75. The summed E-state index contributed by atoms with van der Waals surface area (Å²) >= 11 is 0. The van der Waals surface area contributed by atoms with Crippen LogP contribution in [0.4, 0.5) is 0 Å². The van der Waals surface area contributed by atoms with Crippen LogP contribution < -0.4 is 14.9 Å². The maximum absolute atomic E-state index is 5.41. The third-order valence-electron chi connectivity index (χ3n) is 2.92. The van der Waals surface area contributed by atoms with E-state index in [1.54, 1.807) is 14.2 Å². The molecule has 1 aromatic carbocycles. The second-order valence-electron chi connectivity index (χ2n) is 4.87. The lowest BCUT2D eigenvalue weighted by Crippen LogP contribution is -2.45. The summed E-state index contributed by atoms with van der Waals surface area (Å²) in [7, 11) is 5.49. The Labute approximate surface area is 111 Å². The zero-order valence-electron chi connectivity index (χ0n) is 12.2. The average Bonchev–Trinajstić information content (AvgIpc) is 2.34. The highest BCUT2D eigenvalue weighted by Crippen LogP contribution is 2.17. The van der Waals surface area contributed by atoms with Crippen LogP contribution in [0.15, 0.2) is 18.2 Å². The molecule has 0 heterocycles. The lowest BCUT2D eigenvalue weighted by atomic mass is 9.77. The van der Waals surface area contributed by atoms with Gasteiger partial charge in [-0.25, -0.2) is 0 Å². The highest BCUT2D eigenvalue weighted by molar-refractivity contribution is 6.52. The summed E-state index contributed by atoms with van der Waals surface area (Å²) in [5, 5.41) is 0. The van der Waals surface area contributed by atoms with Crippen molar-refractivity contribution in [2.75, 3.05) is 14.2 Å². The Morgan fingerprint density at radius 3 is 2.06 bits per heavy atom. The molecule has 3 nitrogen and oxygen atoms in total. The van der Waals surface area contributed by atoms with Crippen LogP contribution in [0.2, 0.25) is 0 Å². The Balaban J connectivity index is 2.95. The molecule has 0 aliphatic rings. The fourth-order valence-electron chi connectivity index (χ4n) is 1.98. The summed E-state index contributed by atoms with van der Waals surface area (Å²) < 4.78 is 10.6. The van der Waals surface area contributed by atoms with Gasteiger partial charge in [-0.15, -0.1) is 0 Å². The van der Waals surface area contributed by atoms with Gasteiger partial charge in [-0.05, 0) is 23.6 Å². The fourth-order valence-corrected chi connectivity index (χ4v) is 1.98. The first-order valence-electron chi connectivity index (χ1n) is 6.34. The number of methoxy groups -OCH3 is 2. The predicted octanol–water partition coefficient (Wildman–Crippen LogP) is 2.07. The molecule has 0 aromatic heterocycles. The SMILES string of the molecule is COc1ccc([B]N(C(C)C)C(C)C)c(OC)c1. The molecule has 0 fully saturated rings. The van der Waals surface area contributed by atoms with Gasteiger partial charge in [-0.2, -0.15) is 0 Å². The molecule has 0 spiro atoms. The second kappa shape index (κ2) is 6.69. The van der Waals surface area contributed by atoms with E-state index in [0.717, 1.165) is 17.0 Å². The van der Waals surface area contributed by atoms with Gasteiger partial charge in [0.25, 0.3) is 7.41 Å². The second-order valence-corrected chi connectivity index (χ2v) is 4.87. The molecule has 0 saturated carbocycles. The van der Waals surface area contributed by atoms with Crippen molar-refractivity contribution in [3.05, 3.63) is 18.2 Å². The van der Waals surface area contributed by atoms with Crippen LogP contribution in [0.3, 0.4) is 0 Å². The molecule has 0 atom stereocenters. The van der Waals surface area contributed by atoms with Crippen molar-refractivity contribution in [1.82, 2.24) is 4.81 Å². The zero-order valence-corrected chi connectivity index (χ0v) is 12.2. The minimum Gasteiger partial charge on any atom is -0.497 e. The maximum atomic E-state index is 5.41. The van der Waals surface area contributed by atoms with E-state index in [0.29, 0.717) is 12.1 Å². The topological polar surface area (TPSA) is 21.7 Å². The molecule has 4 heteroatoms. The molecule has 1 rings (SSSR count). The predicted molar refractivity (Wildman–Crippen MR) is 77.0 cm³/mol. The normalized spacial score (nSPS) is 11.2. The molecule has 18 heavy (non-hydrogen) atoms. The van der Waals surface area contributed by atoms with E-state index in [4.69, 9.17) is 9.47 Å². The van der Waals surface area contributed by atoms with Crippen molar-refractivity contribution in [1.29, 1.82) is 0 Å². The number of ether oxygens (including phenoxy) is 2. The number of rotatable bonds is 6. The Bertz CT molecular complexity index is 372. The summed E-state index contributed by atoms with van der Waals surface area (Å²) in [5.41, 5.74) is 1.07. The standard InChI is InChI=1S/C14H23BNO2/c1-10(2)16(11(3)4)15-13-8-7-12(17-5)9-14(13)18-6/h7-11H,1-6H3. The third-order valence-corrected chi connectivity index (χ3v) is 2.92. The lowest BCUT2D eigenvalue weighted by molar-refractivity contribution is 0.314. The van der Waals surface area contributed by atoms with E-state index >= 15 is 0 Å². The maximum Gasteiger partial charge on any atom is 0.252 e. The van der Waals surface area contributed by atoms with Crippen LogP contribution in [0.5, 0.6) is 11.5 Å². The summed E-state index contributed by atoms with van der Waals surface area (Å²) in [4.78, 5) is 2.31. The van der Waals surface area contributed by atoms with Gasteiger partial charge in [-0.1, -0.05) is 33.8 Å². The van der Waals surface area contributed by atoms with Gasteiger partial charge in [0.15, 0.2) is 0 Å². The van der Waals surface area contributed by atoms with Gasteiger partial charge in [0.1, 0.15) is 11.5 Å². The quantitative estimate of drug-likeness (QED) is 0.719. The smallest absolute Gasteiger partial charge is 0.252 e. The highest BCUT2D eigenvalue weighted by atomic mass is 16.5. The van der Waals surface area contributed by atoms with Crippen LogP contribution in [-0.2, 0) is 0 Å². The van der Waals surface area contributed by atoms with E-state index in [1.165, 1.54) is 0 Å². The number of benzene rings is 1. The Kier molecular flexibility index (Phi) is 5.54. The van der Waals surface area contributed by atoms with Crippen molar-refractivity contribution >= 4 is 12.9 Å². The number of hydrogen-bond acceptors (Lipinski definition) is 3. The molecule has 1 aromatic rings. The highest BCUT2D eigenvalue weighted by Gasteiger charge is 2.18. The van der Waals surface area contributed by atoms with E-state index < -0.39 is 0 Å². The van der Waals surface area contributed by atoms with Crippen molar-refractivity contribution in [3.8, 4) is 11.5 Å². The summed E-state index contributed by atoms with van der Waals surface area (Å²) in [6, 6.07) is 6.79. The third kappa shape index (κ3) is 3.67. The van der Waals surface area contributed by atoms with Crippen molar-refractivity contribution in [3.63, 3.8) is 0 Å². The molecule has 1 radical (unpaired) electrons. The van der Waals surface area contributed by atoms with E-state index in [-0.39, 0.29) is 0 Å². The minimum atomic E-state index is 0.455. The van der Waals surface area contributed by atoms with E-state index in [9.17, 15) is 0 Å².